The van der Waals surface area contributed by atoms with Crippen molar-refractivity contribution in [3.05, 3.63) is 93.0 Å². The van der Waals surface area contributed by atoms with Crippen molar-refractivity contribution >= 4 is 45.2 Å². The molecule has 6 nitrogen and oxygen atoms in total. The second kappa shape index (κ2) is 11.3. The summed E-state index contributed by atoms with van der Waals surface area (Å²) in [4.78, 5) is 25.1. The normalized spacial score (nSPS) is 10.9. The first-order valence-corrected chi connectivity index (χ1v) is 11.3. The smallest absolute Gasteiger partial charge is 0.266 e. The Balaban J connectivity index is 1.75. The van der Waals surface area contributed by atoms with Gasteiger partial charge in [0.25, 0.3) is 11.8 Å². The molecule has 2 amide bonds. The van der Waals surface area contributed by atoms with E-state index < -0.39 is 5.91 Å². The van der Waals surface area contributed by atoms with E-state index in [2.05, 4.69) is 26.6 Å². The molecular formula is C27H24BrN3O3. The number of hydrogen-bond acceptors (Lipinski definition) is 4. The average molecular weight is 518 g/mol. The zero-order valence-corrected chi connectivity index (χ0v) is 20.7. The average Bonchev–Trinajstić information content (AvgIpc) is 2.81. The Morgan fingerprint density at radius 3 is 2.47 bits per heavy atom. The molecule has 3 aromatic rings. The van der Waals surface area contributed by atoms with Crippen molar-refractivity contribution in [3.8, 4) is 11.8 Å². The second-order valence-corrected chi connectivity index (χ2v) is 8.67. The van der Waals surface area contributed by atoms with Gasteiger partial charge in [-0.25, -0.2) is 0 Å². The lowest BCUT2D eigenvalue weighted by Gasteiger charge is -2.13. The van der Waals surface area contributed by atoms with Crippen molar-refractivity contribution in [3.63, 3.8) is 0 Å². The maximum absolute atomic E-state index is 12.6. The summed E-state index contributed by atoms with van der Waals surface area (Å²) >= 11 is 3.40. The largest absolute Gasteiger partial charge is 0.483 e. The van der Waals surface area contributed by atoms with Gasteiger partial charge in [-0.05, 0) is 74.4 Å². The van der Waals surface area contributed by atoms with Crippen molar-refractivity contribution in [1.82, 2.24) is 0 Å². The Morgan fingerprint density at radius 2 is 1.76 bits per heavy atom. The Hall–Kier alpha value is -3.89. The van der Waals surface area contributed by atoms with E-state index in [0.717, 1.165) is 26.9 Å². The van der Waals surface area contributed by atoms with Crippen LogP contribution in [0.1, 0.15) is 22.3 Å². The molecule has 3 aromatic carbocycles. The molecule has 0 unspecified atom stereocenters. The summed E-state index contributed by atoms with van der Waals surface area (Å²) < 4.78 is 6.47. The molecule has 172 valence electrons. The third kappa shape index (κ3) is 6.56. The maximum Gasteiger partial charge on any atom is 0.266 e. The van der Waals surface area contributed by atoms with E-state index in [-0.39, 0.29) is 18.1 Å². The summed E-state index contributed by atoms with van der Waals surface area (Å²) in [5.41, 5.74) is 4.84. The van der Waals surface area contributed by atoms with Crippen LogP contribution in [0.3, 0.4) is 0 Å². The van der Waals surface area contributed by atoms with Crippen molar-refractivity contribution in [2.24, 2.45) is 0 Å². The summed E-state index contributed by atoms with van der Waals surface area (Å²) in [5, 5.41) is 15.1. The van der Waals surface area contributed by atoms with Crippen LogP contribution < -0.4 is 15.4 Å². The van der Waals surface area contributed by atoms with Gasteiger partial charge >= 0.3 is 0 Å². The van der Waals surface area contributed by atoms with Gasteiger partial charge in [0.2, 0.25) is 0 Å². The van der Waals surface area contributed by atoms with E-state index >= 15 is 0 Å². The molecule has 0 aliphatic carbocycles. The number of nitrogens with zero attached hydrogens (tertiary/aromatic N) is 1. The molecule has 0 aliphatic rings. The molecule has 0 heterocycles. The highest BCUT2D eigenvalue weighted by atomic mass is 79.9. The van der Waals surface area contributed by atoms with Crippen LogP contribution in [0.25, 0.3) is 6.08 Å². The Kier molecular flexibility index (Phi) is 8.23. The first-order valence-electron chi connectivity index (χ1n) is 10.5. The van der Waals surface area contributed by atoms with E-state index in [1.165, 1.54) is 6.08 Å². The van der Waals surface area contributed by atoms with Gasteiger partial charge in [0.15, 0.2) is 6.61 Å². The summed E-state index contributed by atoms with van der Waals surface area (Å²) in [6.45, 7) is 5.63. The molecule has 0 radical (unpaired) electrons. The van der Waals surface area contributed by atoms with E-state index in [0.29, 0.717) is 17.0 Å². The fourth-order valence-electron chi connectivity index (χ4n) is 3.12. The monoisotopic (exact) mass is 517 g/mol. The van der Waals surface area contributed by atoms with Crippen LogP contribution in [0.2, 0.25) is 0 Å². The Bertz CT molecular complexity index is 1290. The summed E-state index contributed by atoms with van der Waals surface area (Å²) in [6.07, 6.45) is 1.44. The lowest BCUT2D eigenvalue weighted by Crippen LogP contribution is -2.21. The van der Waals surface area contributed by atoms with Gasteiger partial charge in [0, 0.05) is 21.4 Å². The van der Waals surface area contributed by atoms with Crippen LogP contribution in [0.4, 0.5) is 11.4 Å². The number of rotatable bonds is 7. The molecule has 0 spiro atoms. The summed E-state index contributed by atoms with van der Waals surface area (Å²) in [5.74, 6) is -0.482. The number of benzene rings is 3. The van der Waals surface area contributed by atoms with Crippen LogP contribution in [0.5, 0.6) is 5.75 Å². The van der Waals surface area contributed by atoms with Gasteiger partial charge in [0.05, 0.1) is 0 Å². The molecular weight excluding hydrogens is 494 g/mol. The topological polar surface area (TPSA) is 91.2 Å². The molecule has 0 bridgehead atoms. The lowest BCUT2D eigenvalue weighted by atomic mass is 10.1. The van der Waals surface area contributed by atoms with E-state index in [1.807, 2.05) is 57.2 Å². The highest BCUT2D eigenvalue weighted by Crippen LogP contribution is 2.26. The van der Waals surface area contributed by atoms with E-state index in [9.17, 15) is 14.9 Å². The molecule has 0 aromatic heterocycles. The summed E-state index contributed by atoms with van der Waals surface area (Å²) in [6, 6.07) is 20.0. The first-order chi connectivity index (χ1) is 16.3. The number of nitrogens with one attached hydrogen (secondary N) is 2. The molecule has 7 heteroatoms. The number of hydrogen-bond donors (Lipinski definition) is 2. The number of carbonyl (C=O) groups is 2. The zero-order valence-electron chi connectivity index (χ0n) is 19.1. The maximum atomic E-state index is 12.6. The van der Waals surface area contributed by atoms with Crippen LogP contribution in [0.15, 0.2) is 70.7 Å². The van der Waals surface area contributed by atoms with Gasteiger partial charge in [0.1, 0.15) is 17.4 Å². The zero-order chi connectivity index (χ0) is 24.7. The van der Waals surface area contributed by atoms with Crippen LogP contribution in [-0.2, 0) is 9.59 Å². The van der Waals surface area contributed by atoms with Crippen LogP contribution in [0, 0.1) is 32.1 Å². The van der Waals surface area contributed by atoms with Gasteiger partial charge in [-0.15, -0.1) is 0 Å². The van der Waals surface area contributed by atoms with Gasteiger partial charge in [-0.2, -0.15) is 5.26 Å². The van der Waals surface area contributed by atoms with Crippen molar-refractivity contribution in [2.45, 2.75) is 20.8 Å². The highest BCUT2D eigenvalue weighted by Gasteiger charge is 2.13. The summed E-state index contributed by atoms with van der Waals surface area (Å²) in [7, 11) is 0. The standard InChI is InChI=1S/C27H24BrN3O3/c1-17-7-10-23(11-8-17)30-27(33)21(15-29)13-20-14-22(28)9-12-25(20)34-16-26(32)31-24-6-4-5-18(2)19(24)3/h4-14H,16H2,1-3H3,(H,30,33)(H,31,32)/b21-13-. The minimum Gasteiger partial charge on any atom is -0.483 e. The predicted octanol–water partition coefficient (Wildman–Crippen LogP) is 5.94. The minimum atomic E-state index is -0.537. The van der Waals surface area contributed by atoms with Gasteiger partial charge in [-0.1, -0.05) is 45.8 Å². The fraction of sp³-hybridized carbons (Fsp3) is 0.148. The van der Waals surface area contributed by atoms with Crippen LogP contribution >= 0.6 is 15.9 Å². The molecule has 0 saturated carbocycles. The molecule has 0 fully saturated rings. The molecule has 2 N–H and O–H groups in total. The Labute approximate surface area is 207 Å². The number of halogens is 1. The Morgan fingerprint density at radius 1 is 1.03 bits per heavy atom. The van der Waals surface area contributed by atoms with E-state index in [4.69, 9.17) is 4.74 Å². The highest BCUT2D eigenvalue weighted by molar-refractivity contribution is 9.10. The molecule has 34 heavy (non-hydrogen) atoms. The quantitative estimate of drug-likeness (QED) is 0.299. The van der Waals surface area contributed by atoms with Crippen molar-refractivity contribution in [2.75, 3.05) is 17.2 Å². The lowest BCUT2D eigenvalue weighted by molar-refractivity contribution is -0.118. The van der Waals surface area contributed by atoms with Gasteiger partial charge < -0.3 is 15.4 Å². The predicted molar refractivity (Wildman–Crippen MR) is 138 cm³/mol. The minimum absolute atomic E-state index is 0.0941. The number of nitriles is 1. The third-order valence-electron chi connectivity index (χ3n) is 5.18. The number of anilines is 2. The fourth-order valence-corrected chi connectivity index (χ4v) is 3.50. The first kappa shape index (κ1) is 24.7. The van der Waals surface area contributed by atoms with Gasteiger partial charge in [-0.3, -0.25) is 9.59 Å². The molecule has 0 saturated heterocycles. The SMILES string of the molecule is Cc1ccc(NC(=O)/C(C#N)=C\c2cc(Br)ccc2OCC(=O)Nc2cccc(C)c2C)cc1. The third-order valence-corrected chi connectivity index (χ3v) is 5.68. The van der Waals surface area contributed by atoms with Crippen LogP contribution in [-0.4, -0.2) is 18.4 Å². The van der Waals surface area contributed by atoms with Crippen molar-refractivity contribution in [1.29, 1.82) is 5.26 Å². The number of amides is 2. The number of carbonyl (C=O) groups excluding carboxylic acids is 2. The molecule has 0 aliphatic heterocycles. The van der Waals surface area contributed by atoms with Crippen molar-refractivity contribution < 1.29 is 14.3 Å². The molecule has 0 atom stereocenters. The van der Waals surface area contributed by atoms with E-state index in [1.54, 1.807) is 30.3 Å². The molecule has 3 rings (SSSR count). The second-order valence-electron chi connectivity index (χ2n) is 7.76. The number of ether oxygens (including phenoxy) is 1. The number of aryl methyl sites for hydroxylation is 2.